The maximum atomic E-state index is 10.5. The first-order valence-corrected chi connectivity index (χ1v) is 4.91. The Morgan fingerprint density at radius 1 is 1.31 bits per heavy atom. The Kier molecular flexibility index (Phi) is 4.44. The number of hydrogen-bond acceptors (Lipinski definition) is 3. The SMILES string of the molecule is COc1ccc(CCNC(N)=O)cc1OC. The minimum absolute atomic E-state index is 0.505. The van der Waals surface area contributed by atoms with Crippen molar-refractivity contribution in [3.05, 3.63) is 23.8 Å². The molecule has 0 heterocycles. The van der Waals surface area contributed by atoms with Gasteiger partial charge in [0.15, 0.2) is 11.5 Å². The van der Waals surface area contributed by atoms with Gasteiger partial charge in [-0.15, -0.1) is 0 Å². The Morgan fingerprint density at radius 3 is 2.56 bits per heavy atom. The molecule has 0 atom stereocenters. The van der Waals surface area contributed by atoms with E-state index in [2.05, 4.69) is 5.32 Å². The van der Waals surface area contributed by atoms with Gasteiger partial charge in [0.1, 0.15) is 0 Å². The molecule has 1 aromatic carbocycles. The van der Waals surface area contributed by atoms with Crippen LogP contribution in [0.3, 0.4) is 0 Å². The molecule has 0 aliphatic heterocycles. The maximum Gasteiger partial charge on any atom is 0.312 e. The van der Waals surface area contributed by atoms with Gasteiger partial charge in [0.25, 0.3) is 0 Å². The predicted molar refractivity (Wildman–Crippen MR) is 60.8 cm³/mol. The van der Waals surface area contributed by atoms with Crippen LogP contribution in [0.15, 0.2) is 18.2 Å². The third-order valence-electron chi connectivity index (χ3n) is 2.16. The molecule has 0 fully saturated rings. The van der Waals surface area contributed by atoms with Crippen molar-refractivity contribution in [2.24, 2.45) is 5.73 Å². The molecule has 16 heavy (non-hydrogen) atoms. The molecule has 0 radical (unpaired) electrons. The Hall–Kier alpha value is -1.91. The van der Waals surface area contributed by atoms with Crippen LogP contribution in [-0.2, 0) is 6.42 Å². The molecule has 88 valence electrons. The molecular formula is C11H16N2O3. The highest BCUT2D eigenvalue weighted by molar-refractivity contribution is 5.71. The van der Waals surface area contributed by atoms with Crippen LogP contribution in [0, 0.1) is 0 Å². The minimum atomic E-state index is -0.513. The van der Waals surface area contributed by atoms with Crippen molar-refractivity contribution in [3.8, 4) is 11.5 Å². The summed E-state index contributed by atoms with van der Waals surface area (Å²) in [7, 11) is 3.18. The number of nitrogens with one attached hydrogen (secondary N) is 1. The fourth-order valence-corrected chi connectivity index (χ4v) is 1.37. The molecule has 0 saturated carbocycles. The number of hydrogen-bond donors (Lipinski definition) is 2. The molecule has 0 aliphatic rings. The van der Waals surface area contributed by atoms with Gasteiger partial charge in [-0.2, -0.15) is 0 Å². The van der Waals surface area contributed by atoms with E-state index in [1.54, 1.807) is 14.2 Å². The lowest BCUT2D eigenvalue weighted by Crippen LogP contribution is -2.30. The Morgan fingerprint density at radius 2 is 2.00 bits per heavy atom. The zero-order valence-electron chi connectivity index (χ0n) is 9.45. The fraction of sp³-hybridized carbons (Fsp3) is 0.364. The zero-order chi connectivity index (χ0) is 12.0. The second-order valence-corrected chi connectivity index (χ2v) is 3.23. The second kappa shape index (κ2) is 5.85. The maximum absolute atomic E-state index is 10.5. The highest BCUT2D eigenvalue weighted by Gasteiger charge is 2.04. The quantitative estimate of drug-likeness (QED) is 0.780. The van der Waals surface area contributed by atoms with E-state index in [0.29, 0.717) is 24.5 Å². The van der Waals surface area contributed by atoms with Gasteiger partial charge in [-0.1, -0.05) is 6.07 Å². The summed E-state index contributed by atoms with van der Waals surface area (Å²) in [5.41, 5.74) is 6.01. The van der Waals surface area contributed by atoms with Crippen molar-refractivity contribution in [1.29, 1.82) is 0 Å². The minimum Gasteiger partial charge on any atom is -0.493 e. The van der Waals surface area contributed by atoms with Gasteiger partial charge in [-0.05, 0) is 24.1 Å². The third-order valence-corrected chi connectivity index (χ3v) is 2.16. The van der Waals surface area contributed by atoms with Crippen LogP contribution in [-0.4, -0.2) is 26.8 Å². The number of urea groups is 1. The average molecular weight is 224 g/mol. The smallest absolute Gasteiger partial charge is 0.312 e. The van der Waals surface area contributed by atoms with Gasteiger partial charge >= 0.3 is 6.03 Å². The highest BCUT2D eigenvalue weighted by Crippen LogP contribution is 2.27. The van der Waals surface area contributed by atoms with Gasteiger partial charge in [0.05, 0.1) is 14.2 Å². The molecule has 5 heteroatoms. The van der Waals surface area contributed by atoms with E-state index in [0.717, 1.165) is 5.56 Å². The largest absolute Gasteiger partial charge is 0.493 e. The van der Waals surface area contributed by atoms with Crippen molar-refractivity contribution >= 4 is 6.03 Å². The molecule has 1 rings (SSSR count). The number of carbonyl (C=O) groups excluding carboxylic acids is 1. The van der Waals surface area contributed by atoms with Crippen molar-refractivity contribution in [1.82, 2.24) is 5.32 Å². The van der Waals surface area contributed by atoms with Gasteiger partial charge in [-0.25, -0.2) is 4.79 Å². The summed E-state index contributed by atoms with van der Waals surface area (Å²) in [6.07, 6.45) is 0.698. The highest BCUT2D eigenvalue weighted by atomic mass is 16.5. The van der Waals surface area contributed by atoms with Gasteiger partial charge in [0.2, 0.25) is 0 Å². The van der Waals surface area contributed by atoms with Crippen molar-refractivity contribution in [2.75, 3.05) is 20.8 Å². The number of rotatable bonds is 5. The van der Waals surface area contributed by atoms with E-state index >= 15 is 0 Å². The summed E-state index contributed by atoms with van der Waals surface area (Å²) in [5.74, 6) is 1.37. The van der Waals surface area contributed by atoms with Crippen LogP contribution in [0.2, 0.25) is 0 Å². The molecule has 0 unspecified atom stereocenters. The average Bonchev–Trinajstić information content (AvgIpc) is 2.28. The second-order valence-electron chi connectivity index (χ2n) is 3.23. The first-order valence-electron chi connectivity index (χ1n) is 4.91. The van der Waals surface area contributed by atoms with E-state index in [1.165, 1.54) is 0 Å². The lowest BCUT2D eigenvalue weighted by molar-refractivity contribution is 0.249. The standard InChI is InChI=1S/C11H16N2O3/c1-15-9-4-3-8(7-10(9)16-2)5-6-13-11(12)14/h3-4,7H,5-6H2,1-2H3,(H3,12,13,14). The fourth-order valence-electron chi connectivity index (χ4n) is 1.37. The van der Waals surface area contributed by atoms with Crippen LogP contribution in [0.25, 0.3) is 0 Å². The molecule has 0 aromatic heterocycles. The zero-order valence-corrected chi connectivity index (χ0v) is 9.45. The lowest BCUT2D eigenvalue weighted by atomic mass is 10.1. The van der Waals surface area contributed by atoms with E-state index in [4.69, 9.17) is 15.2 Å². The summed E-state index contributed by atoms with van der Waals surface area (Å²) in [6, 6.07) is 5.12. The molecular weight excluding hydrogens is 208 g/mol. The third kappa shape index (κ3) is 3.34. The first-order chi connectivity index (χ1) is 7.67. The van der Waals surface area contributed by atoms with Gasteiger partial charge in [0, 0.05) is 6.54 Å². The number of benzene rings is 1. The summed E-state index contributed by atoms with van der Waals surface area (Å²) in [4.78, 5) is 10.5. The molecule has 1 aromatic rings. The number of nitrogens with two attached hydrogens (primary N) is 1. The topological polar surface area (TPSA) is 73.6 Å². The van der Waals surface area contributed by atoms with E-state index in [-0.39, 0.29) is 0 Å². The van der Waals surface area contributed by atoms with Crippen molar-refractivity contribution in [2.45, 2.75) is 6.42 Å². The predicted octanol–water partition coefficient (Wildman–Crippen LogP) is 0.915. The monoisotopic (exact) mass is 224 g/mol. The number of amides is 2. The molecule has 5 nitrogen and oxygen atoms in total. The summed E-state index contributed by atoms with van der Waals surface area (Å²) in [5, 5.41) is 2.53. The van der Waals surface area contributed by atoms with Crippen molar-refractivity contribution < 1.29 is 14.3 Å². The Balaban J connectivity index is 2.64. The van der Waals surface area contributed by atoms with Gasteiger partial charge < -0.3 is 20.5 Å². The Bertz CT molecular complexity index is 366. The molecule has 2 amide bonds. The number of ether oxygens (including phenoxy) is 2. The van der Waals surface area contributed by atoms with Gasteiger partial charge in [-0.3, -0.25) is 0 Å². The molecule has 0 saturated heterocycles. The van der Waals surface area contributed by atoms with Crippen LogP contribution >= 0.6 is 0 Å². The molecule has 0 aliphatic carbocycles. The number of carbonyl (C=O) groups is 1. The summed E-state index contributed by atoms with van der Waals surface area (Å²) in [6.45, 7) is 0.505. The summed E-state index contributed by atoms with van der Waals surface area (Å²) >= 11 is 0. The normalized spacial score (nSPS) is 9.62. The number of methoxy groups -OCH3 is 2. The van der Waals surface area contributed by atoms with Crippen LogP contribution in [0.5, 0.6) is 11.5 Å². The molecule has 0 bridgehead atoms. The van der Waals surface area contributed by atoms with E-state index < -0.39 is 6.03 Å². The molecule has 3 N–H and O–H groups in total. The summed E-state index contributed by atoms with van der Waals surface area (Å²) < 4.78 is 10.3. The van der Waals surface area contributed by atoms with Crippen LogP contribution in [0.1, 0.15) is 5.56 Å². The van der Waals surface area contributed by atoms with Crippen LogP contribution < -0.4 is 20.5 Å². The number of primary amides is 1. The van der Waals surface area contributed by atoms with E-state index in [9.17, 15) is 4.79 Å². The first kappa shape index (κ1) is 12.2. The lowest BCUT2D eigenvalue weighted by Gasteiger charge is -2.09. The van der Waals surface area contributed by atoms with Crippen molar-refractivity contribution in [3.63, 3.8) is 0 Å². The Labute approximate surface area is 94.5 Å². The van der Waals surface area contributed by atoms with Crippen LogP contribution in [0.4, 0.5) is 4.79 Å². The van der Waals surface area contributed by atoms with E-state index in [1.807, 2.05) is 18.2 Å². The molecule has 0 spiro atoms.